The van der Waals surface area contributed by atoms with Crippen LogP contribution in [0.15, 0.2) is 42.5 Å². The van der Waals surface area contributed by atoms with Crippen LogP contribution in [0, 0.1) is 5.82 Å². The Labute approximate surface area is 120 Å². The molecule has 2 aromatic carbocycles. The molecule has 0 aromatic heterocycles. The van der Waals surface area contributed by atoms with Crippen LogP contribution in [0.25, 0.3) is 0 Å². The van der Waals surface area contributed by atoms with Gasteiger partial charge in [0.1, 0.15) is 6.61 Å². The summed E-state index contributed by atoms with van der Waals surface area (Å²) in [5.74, 6) is -1.38. The number of esters is 1. The van der Waals surface area contributed by atoms with E-state index in [1.165, 1.54) is 19.2 Å². The summed E-state index contributed by atoms with van der Waals surface area (Å²) in [7, 11) is 1.24. The van der Waals surface area contributed by atoms with Gasteiger partial charge in [0.05, 0.1) is 17.7 Å². The second kappa shape index (κ2) is 6.39. The summed E-state index contributed by atoms with van der Waals surface area (Å²) in [4.78, 5) is 11.4. The fourth-order valence-electron chi connectivity index (χ4n) is 1.64. The van der Waals surface area contributed by atoms with Crippen LogP contribution in [0.3, 0.4) is 0 Å². The van der Waals surface area contributed by atoms with Gasteiger partial charge < -0.3 is 9.47 Å². The van der Waals surface area contributed by atoms with Crippen molar-refractivity contribution in [2.45, 2.75) is 6.61 Å². The Morgan fingerprint density at radius 1 is 1.25 bits per heavy atom. The van der Waals surface area contributed by atoms with Crippen molar-refractivity contribution < 1.29 is 18.7 Å². The standard InChI is InChI=1S/C15H12ClFO3/c1-19-15(18)11-7-12(16)14(17)13(8-11)20-9-10-5-3-2-4-6-10/h2-8H,9H2,1H3. The van der Waals surface area contributed by atoms with Crippen LogP contribution in [0.4, 0.5) is 4.39 Å². The molecule has 0 unspecified atom stereocenters. The minimum atomic E-state index is -0.699. The molecule has 104 valence electrons. The number of carbonyl (C=O) groups is 1. The molecule has 5 heteroatoms. The van der Waals surface area contributed by atoms with E-state index < -0.39 is 11.8 Å². The fraction of sp³-hybridized carbons (Fsp3) is 0.133. The summed E-state index contributed by atoms with van der Waals surface area (Å²) < 4.78 is 23.8. The van der Waals surface area contributed by atoms with Crippen molar-refractivity contribution in [1.82, 2.24) is 0 Å². The van der Waals surface area contributed by atoms with E-state index in [1.807, 2.05) is 30.3 Å². The van der Waals surface area contributed by atoms with Crippen molar-refractivity contribution in [2.75, 3.05) is 7.11 Å². The highest BCUT2D eigenvalue weighted by Crippen LogP contribution is 2.27. The van der Waals surface area contributed by atoms with Crippen molar-refractivity contribution in [2.24, 2.45) is 0 Å². The maximum Gasteiger partial charge on any atom is 0.338 e. The minimum absolute atomic E-state index is 0.0817. The van der Waals surface area contributed by atoms with Gasteiger partial charge in [0.2, 0.25) is 0 Å². The molecular weight excluding hydrogens is 283 g/mol. The van der Waals surface area contributed by atoms with Gasteiger partial charge in [0.25, 0.3) is 0 Å². The van der Waals surface area contributed by atoms with Crippen molar-refractivity contribution in [3.05, 3.63) is 64.4 Å². The van der Waals surface area contributed by atoms with E-state index in [1.54, 1.807) is 0 Å². The van der Waals surface area contributed by atoms with Gasteiger partial charge in [0.15, 0.2) is 11.6 Å². The third-order valence-electron chi connectivity index (χ3n) is 2.65. The largest absolute Gasteiger partial charge is 0.486 e. The van der Waals surface area contributed by atoms with Gasteiger partial charge in [-0.3, -0.25) is 0 Å². The van der Waals surface area contributed by atoms with Gasteiger partial charge in [-0.25, -0.2) is 9.18 Å². The molecule has 0 heterocycles. The average molecular weight is 295 g/mol. The van der Waals surface area contributed by atoms with Gasteiger partial charge >= 0.3 is 5.97 Å². The molecule has 0 saturated heterocycles. The summed E-state index contributed by atoms with van der Waals surface area (Å²) in [6, 6.07) is 11.8. The molecule has 2 aromatic rings. The van der Waals surface area contributed by atoms with E-state index in [2.05, 4.69) is 4.74 Å². The summed E-state index contributed by atoms with van der Waals surface area (Å²) in [5.41, 5.74) is 1.02. The first-order valence-electron chi connectivity index (χ1n) is 5.86. The van der Waals surface area contributed by atoms with Gasteiger partial charge in [0, 0.05) is 0 Å². The number of hydrogen-bond acceptors (Lipinski definition) is 3. The molecule has 0 amide bonds. The lowest BCUT2D eigenvalue weighted by Gasteiger charge is -2.10. The highest BCUT2D eigenvalue weighted by atomic mass is 35.5. The lowest BCUT2D eigenvalue weighted by atomic mass is 10.2. The number of methoxy groups -OCH3 is 1. The van der Waals surface area contributed by atoms with Crippen LogP contribution >= 0.6 is 11.6 Å². The van der Waals surface area contributed by atoms with E-state index in [0.717, 1.165) is 5.56 Å². The van der Waals surface area contributed by atoms with Crippen LogP contribution in [-0.4, -0.2) is 13.1 Å². The molecule has 0 spiro atoms. The van der Waals surface area contributed by atoms with Crippen molar-refractivity contribution in [3.8, 4) is 5.75 Å². The maximum atomic E-state index is 13.8. The molecule has 0 aliphatic heterocycles. The molecule has 0 radical (unpaired) electrons. The first-order chi connectivity index (χ1) is 9.61. The van der Waals surface area contributed by atoms with Crippen LogP contribution in [0.5, 0.6) is 5.75 Å². The number of ether oxygens (including phenoxy) is 2. The molecule has 0 saturated carbocycles. The van der Waals surface area contributed by atoms with E-state index in [4.69, 9.17) is 16.3 Å². The minimum Gasteiger partial charge on any atom is -0.486 e. The summed E-state index contributed by atoms with van der Waals surface area (Å²) >= 11 is 5.74. The number of carbonyl (C=O) groups excluding carboxylic acids is 1. The highest BCUT2D eigenvalue weighted by molar-refractivity contribution is 6.31. The van der Waals surface area contributed by atoms with E-state index in [9.17, 15) is 9.18 Å². The Morgan fingerprint density at radius 3 is 2.60 bits per heavy atom. The summed E-state index contributed by atoms with van der Waals surface area (Å²) in [6.07, 6.45) is 0. The van der Waals surface area contributed by atoms with Crippen molar-refractivity contribution >= 4 is 17.6 Å². The molecule has 0 bridgehead atoms. The molecule has 0 N–H and O–H groups in total. The third kappa shape index (κ3) is 3.27. The first-order valence-corrected chi connectivity index (χ1v) is 6.23. The van der Waals surface area contributed by atoms with Gasteiger partial charge in [-0.2, -0.15) is 0 Å². The zero-order valence-electron chi connectivity index (χ0n) is 10.7. The van der Waals surface area contributed by atoms with Crippen molar-refractivity contribution in [1.29, 1.82) is 0 Å². The third-order valence-corrected chi connectivity index (χ3v) is 2.93. The Hall–Kier alpha value is -2.07. The normalized spacial score (nSPS) is 10.2. The van der Waals surface area contributed by atoms with Gasteiger partial charge in [-0.05, 0) is 17.7 Å². The molecule has 0 fully saturated rings. The Kier molecular flexibility index (Phi) is 4.58. The Balaban J connectivity index is 2.22. The zero-order chi connectivity index (χ0) is 14.5. The molecule has 20 heavy (non-hydrogen) atoms. The number of hydrogen-bond donors (Lipinski definition) is 0. The number of halogens is 2. The SMILES string of the molecule is COC(=O)c1cc(Cl)c(F)c(OCc2ccccc2)c1. The predicted molar refractivity (Wildman–Crippen MR) is 73.5 cm³/mol. The summed E-state index contributed by atoms with van der Waals surface area (Å²) in [6.45, 7) is 0.179. The van der Waals surface area contributed by atoms with Gasteiger partial charge in [-0.1, -0.05) is 41.9 Å². The second-order valence-electron chi connectivity index (χ2n) is 4.04. The first kappa shape index (κ1) is 14.3. The summed E-state index contributed by atoms with van der Waals surface area (Å²) in [5, 5.41) is -0.184. The van der Waals surface area contributed by atoms with Crippen LogP contribution < -0.4 is 4.74 Å². The lowest BCUT2D eigenvalue weighted by Crippen LogP contribution is -2.04. The van der Waals surface area contributed by atoms with E-state index in [-0.39, 0.29) is 22.9 Å². The molecule has 0 atom stereocenters. The lowest BCUT2D eigenvalue weighted by molar-refractivity contribution is 0.0600. The predicted octanol–water partition coefficient (Wildman–Crippen LogP) is 3.84. The second-order valence-corrected chi connectivity index (χ2v) is 4.44. The molecule has 0 aliphatic rings. The van der Waals surface area contributed by atoms with Crippen molar-refractivity contribution in [3.63, 3.8) is 0 Å². The monoisotopic (exact) mass is 294 g/mol. The smallest absolute Gasteiger partial charge is 0.338 e. The van der Waals surface area contributed by atoms with Crippen LogP contribution in [-0.2, 0) is 11.3 Å². The van der Waals surface area contributed by atoms with Crippen LogP contribution in [0.2, 0.25) is 5.02 Å². The number of rotatable bonds is 4. The van der Waals surface area contributed by atoms with Gasteiger partial charge in [-0.15, -0.1) is 0 Å². The zero-order valence-corrected chi connectivity index (χ0v) is 11.5. The average Bonchev–Trinajstić information content (AvgIpc) is 2.48. The topological polar surface area (TPSA) is 35.5 Å². The molecular formula is C15H12ClFO3. The molecule has 0 aliphatic carbocycles. The highest BCUT2D eigenvalue weighted by Gasteiger charge is 2.15. The van der Waals surface area contributed by atoms with Crippen LogP contribution in [0.1, 0.15) is 15.9 Å². The van der Waals surface area contributed by atoms with E-state index in [0.29, 0.717) is 0 Å². The quantitative estimate of drug-likeness (QED) is 0.804. The fourth-order valence-corrected chi connectivity index (χ4v) is 1.85. The Bertz CT molecular complexity index is 614. The molecule has 2 rings (SSSR count). The number of benzene rings is 2. The Morgan fingerprint density at radius 2 is 1.95 bits per heavy atom. The van der Waals surface area contributed by atoms with E-state index >= 15 is 0 Å². The maximum absolute atomic E-state index is 13.8. The molecule has 3 nitrogen and oxygen atoms in total.